The van der Waals surface area contributed by atoms with Gasteiger partial charge in [0.2, 0.25) is 5.82 Å². The summed E-state index contributed by atoms with van der Waals surface area (Å²) < 4.78 is 0. The summed E-state index contributed by atoms with van der Waals surface area (Å²) in [7, 11) is 0. The van der Waals surface area contributed by atoms with Crippen molar-refractivity contribution in [2.75, 3.05) is 11.9 Å². The van der Waals surface area contributed by atoms with Crippen LogP contribution in [0.25, 0.3) is 11.4 Å². The van der Waals surface area contributed by atoms with Crippen molar-refractivity contribution in [1.29, 1.82) is 0 Å². The molecule has 0 radical (unpaired) electrons. The number of aromatic amines is 1. The molecule has 1 aliphatic carbocycles. The van der Waals surface area contributed by atoms with Crippen molar-refractivity contribution in [3.63, 3.8) is 0 Å². The number of nitrogens with one attached hydrogen (secondary N) is 2. The van der Waals surface area contributed by atoms with Gasteiger partial charge in [0.05, 0.1) is 0 Å². The number of rotatable bonds is 4. The van der Waals surface area contributed by atoms with Crippen molar-refractivity contribution >= 4 is 5.69 Å². The molecule has 16 heavy (non-hydrogen) atoms. The molecule has 1 heterocycles. The van der Waals surface area contributed by atoms with E-state index in [1.165, 1.54) is 12.8 Å². The fourth-order valence-electron chi connectivity index (χ4n) is 1.61. The quantitative estimate of drug-likeness (QED) is 0.814. The van der Waals surface area contributed by atoms with E-state index >= 15 is 0 Å². The van der Waals surface area contributed by atoms with Gasteiger partial charge in [0.1, 0.15) is 0 Å². The highest BCUT2D eigenvalue weighted by Gasteiger charge is 2.20. The lowest BCUT2D eigenvalue weighted by molar-refractivity contribution is 0.881. The fourth-order valence-corrected chi connectivity index (χ4v) is 1.61. The second-order valence-electron chi connectivity index (χ2n) is 4.14. The topological polar surface area (TPSA) is 66.5 Å². The normalized spacial score (nSPS) is 15.0. The number of hydrogen-bond acceptors (Lipinski definition) is 4. The van der Waals surface area contributed by atoms with Crippen molar-refractivity contribution in [3.05, 3.63) is 24.3 Å². The van der Waals surface area contributed by atoms with E-state index < -0.39 is 0 Å². The van der Waals surface area contributed by atoms with Gasteiger partial charge in [-0.2, -0.15) is 5.21 Å². The molecule has 0 aliphatic heterocycles. The molecule has 1 fully saturated rings. The predicted molar refractivity (Wildman–Crippen MR) is 60.8 cm³/mol. The third-order valence-corrected chi connectivity index (χ3v) is 2.78. The van der Waals surface area contributed by atoms with Crippen LogP contribution in [0, 0.1) is 5.92 Å². The maximum atomic E-state index is 3.93. The molecule has 0 unspecified atom stereocenters. The van der Waals surface area contributed by atoms with Crippen molar-refractivity contribution in [2.45, 2.75) is 12.8 Å². The van der Waals surface area contributed by atoms with E-state index in [-0.39, 0.29) is 0 Å². The summed E-state index contributed by atoms with van der Waals surface area (Å²) in [6, 6.07) is 8.10. The van der Waals surface area contributed by atoms with E-state index in [1.54, 1.807) is 0 Å². The Labute approximate surface area is 93.3 Å². The first-order chi connectivity index (χ1) is 7.92. The van der Waals surface area contributed by atoms with Gasteiger partial charge in [0.15, 0.2) is 0 Å². The molecule has 5 nitrogen and oxygen atoms in total. The van der Waals surface area contributed by atoms with Gasteiger partial charge in [-0.3, -0.25) is 0 Å². The molecule has 1 aromatic carbocycles. The number of tetrazole rings is 1. The largest absolute Gasteiger partial charge is 0.385 e. The Balaban J connectivity index is 1.69. The summed E-state index contributed by atoms with van der Waals surface area (Å²) in [6.07, 6.45) is 2.74. The molecule has 0 amide bonds. The summed E-state index contributed by atoms with van der Waals surface area (Å²) in [5.74, 6) is 1.52. The minimum atomic E-state index is 0.633. The summed E-state index contributed by atoms with van der Waals surface area (Å²) in [4.78, 5) is 0. The number of benzene rings is 1. The number of aromatic nitrogens is 4. The first-order valence-electron chi connectivity index (χ1n) is 5.49. The first kappa shape index (κ1) is 9.33. The van der Waals surface area contributed by atoms with E-state index in [0.717, 1.165) is 23.7 Å². The van der Waals surface area contributed by atoms with Crippen LogP contribution in [-0.4, -0.2) is 27.2 Å². The van der Waals surface area contributed by atoms with Gasteiger partial charge in [-0.15, -0.1) is 10.2 Å². The van der Waals surface area contributed by atoms with Gasteiger partial charge in [-0.25, -0.2) is 0 Å². The molecule has 1 saturated carbocycles. The standard InChI is InChI=1S/C11H13N5/c1-2-8(1)7-12-10-5-3-9(4-6-10)11-13-15-16-14-11/h3-6,8,12H,1-2,7H2,(H,13,14,15,16). The van der Waals surface area contributed by atoms with E-state index in [9.17, 15) is 0 Å². The van der Waals surface area contributed by atoms with Crippen molar-refractivity contribution < 1.29 is 0 Å². The zero-order valence-corrected chi connectivity index (χ0v) is 8.85. The van der Waals surface area contributed by atoms with E-state index in [4.69, 9.17) is 0 Å². The monoisotopic (exact) mass is 215 g/mol. The molecular weight excluding hydrogens is 202 g/mol. The molecule has 0 bridgehead atoms. The maximum Gasteiger partial charge on any atom is 0.204 e. The Bertz CT molecular complexity index is 444. The molecule has 2 N–H and O–H groups in total. The van der Waals surface area contributed by atoms with Crippen molar-refractivity contribution in [2.24, 2.45) is 5.92 Å². The zero-order valence-electron chi connectivity index (χ0n) is 8.85. The van der Waals surface area contributed by atoms with Crippen LogP contribution in [0.5, 0.6) is 0 Å². The maximum absolute atomic E-state index is 3.93. The predicted octanol–water partition coefficient (Wildman–Crippen LogP) is 1.69. The second kappa shape index (κ2) is 3.92. The molecule has 0 atom stereocenters. The van der Waals surface area contributed by atoms with Gasteiger partial charge in [-0.05, 0) is 48.2 Å². The molecule has 5 heteroatoms. The summed E-state index contributed by atoms with van der Waals surface area (Å²) in [5.41, 5.74) is 2.13. The van der Waals surface area contributed by atoms with Crippen LogP contribution in [0.15, 0.2) is 24.3 Å². The molecule has 3 rings (SSSR count). The van der Waals surface area contributed by atoms with Gasteiger partial charge in [-0.1, -0.05) is 0 Å². The Kier molecular flexibility index (Phi) is 2.29. The van der Waals surface area contributed by atoms with Crippen LogP contribution in [0.4, 0.5) is 5.69 Å². The Morgan fingerprint density at radius 3 is 2.69 bits per heavy atom. The van der Waals surface area contributed by atoms with Crippen LogP contribution in [0.1, 0.15) is 12.8 Å². The van der Waals surface area contributed by atoms with Crippen LogP contribution in [-0.2, 0) is 0 Å². The van der Waals surface area contributed by atoms with E-state index in [0.29, 0.717) is 5.82 Å². The third kappa shape index (κ3) is 2.03. The minimum absolute atomic E-state index is 0.633. The third-order valence-electron chi connectivity index (χ3n) is 2.78. The second-order valence-corrected chi connectivity index (χ2v) is 4.14. The highest BCUT2D eigenvalue weighted by atomic mass is 15.5. The van der Waals surface area contributed by atoms with E-state index in [1.807, 2.05) is 24.3 Å². The Morgan fingerprint density at radius 1 is 1.25 bits per heavy atom. The molecule has 82 valence electrons. The average molecular weight is 215 g/mol. The Hall–Kier alpha value is -1.91. The molecule has 1 aliphatic rings. The van der Waals surface area contributed by atoms with Gasteiger partial charge in [0, 0.05) is 17.8 Å². The summed E-state index contributed by atoms with van der Waals surface area (Å²) in [5, 5.41) is 17.3. The highest BCUT2D eigenvalue weighted by Crippen LogP contribution is 2.29. The van der Waals surface area contributed by atoms with E-state index in [2.05, 4.69) is 25.9 Å². The number of anilines is 1. The zero-order chi connectivity index (χ0) is 10.8. The SMILES string of the molecule is c1cc(-c2nn[nH]n2)ccc1NCC1CC1. The van der Waals surface area contributed by atoms with Crippen LogP contribution >= 0.6 is 0 Å². The van der Waals surface area contributed by atoms with Crippen molar-refractivity contribution in [1.82, 2.24) is 20.6 Å². The number of hydrogen-bond donors (Lipinski definition) is 2. The molecule has 0 spiro atoms. The lowest BCUT2D eigenvalue weighted by Crippen LogP contribution is -2.02. The van der Waals surface area contributed by atoms with Crippen LogP contribution in [0.3, 0.4) is 0 Å². The molecule has 1 aromatic heterocycles. The van der Waals surface area contributed by atoms with Crippen LogP contribution in [0.2, 0.25) is 0 Å². The number of nitrogens with zero attached hydrogens (tertiary/aromatic N) is 3. The van der Waals surface area contributed by atoms with Gasteiger partial charge >= 0.3 is 0 Å². The Morgan fingerprint density at radius 2 is 2.06 bits per heavy atom. The molecule has 2 aromatic rings. The van der Waals surface area contributed by atoms with Gasteiger partial charge in [0.25, 0.3) is 0 Å². The first-order valence-corrected chi connectivity index (χ1v) is 5.49. The minimum Gasteiger partial charge on any atom is -0.385 e. The van der Waals surface area contributed by atoms with Gasteiger partial charge < -0.3 is 5.32 Å². The highest BCUT2D eigenvalue weighted by molar-refractivity contribution is 5.58. The fraction of sp³-hybridized carbons (Fsp3) is 0.364. The summed E-state index contributed by atoms with van der Waals surface area (Å²) in [6.45, 7) is 1.08. The average Bonchev–Trinajstić information content (AvgIpc) is 3.00. The lowest BCUT2D eigenvalue weighted by Gasteiger charge is -2.05. The summed E-state index contributed by atoms with van der Waals surface area (Å²) >= 11 is 0. The molecule has 0 saturated heterocycles. The lowest BCUT2D eigenvalue weighted by atomic mass is 10.2. The molecular formula is C11H13N5. The van der Waals surface area contributed by atoms with Crippen molar-refractivity contribution in [3.8, 4) is 11.4 Å². The number of H-pyrrole nitrogens is 1. The smallest absolute Gasteiger partial charge is 0.204 e. The van der Waals surface area contributed by atoms with Crippen LogP contribution < -0.4 is 5.32 Å².